The second kappa shape index (κ2) is 6.10. The summed E-state index contributed by atoms with van der Waals surface area (Å²) in [6.07, 6.45) is 1.04. The molecule has 2 N–H and O–H groups in total. The minimum Gasteiger partial charge on any atom is -0.384 e. The Morgan fingerprint density at radius 3 is 3.24 bits per heavy atom. The molecule has 1 amide bonds. The Morgan fingerprint density at radius 2 is 2.53 bits per heavy atom. The molecule has 1 atom stereocenters. The van der Waals surface area contributed by atoms with Gasteiger partial charge in [-0.25, -0.2) is 0 Å². The van der Waals surface area contributed by atoms with E-state index in [-0.39, 0.29) is 18.6 Å². The Bertz CT molecular complexity index is 453. The van der Waals surface area contributed by atoms with Crippen LogP contribution in [0.3, 0.4) is 0 Å². The standard InChI is InChI=1S/C12H13NO2S2/c14-5-1-2-9-3-7-17-11(9)12(15)13-10-4-6-16-8-10/h3,7,10,14H,4-6,8H2,(H,13,15). The smallest absolute Gasteiger partial charge is 0.262 e. The van der Waals surface area contributed by atoms with Gasteiger partial charge < -0.3 is 10.4 Å². The zero-order valence-corrected chi connectivity index (χ0v) is 10.9. The molecule has 2 rings (SSSR count). The van der Waals surface area contributed by atoms with E-state index in [1.807, 2.05) is 23.2 Å². The Balaban J connectivity index is 2.05. The summed E-state index contributed by atoms with van der Waals surface area (Å²) in [4.78, 5) is 12.6. The topological polar surface area (TPSA) is 49.3 Å². The van der Waals surface area contributed by atoms with Gasteiger partial charge in [-0.2, -0.15) is 11.8 Å². The molecule has 0 radical (unpaired) electrons. The van der Waals surface area contributed by atoms with Crippen LogP contribution in [0.2, 0.25) is 0 Å². The van der Waals surface area contributed by atoms with Crippen LogP contribution in [0.5, 0.6) is 0 Å². The number of thiophene rings is 1. The van der Waals surface area contributed by atoms with Crippen LogP contribution in [-0.2, 0) is 0 Å². The van der Waals surface area contributed by atoms with Crippen LogP contribution in [0.25, 0.3) is 0 Å². The maximum absolute atomic E-state index is 12.0. The molecule has 1 aromatic heterocycles. The molecule has 1 aromatic rings. The first-order chi connectivity index (χ1) is 8.31. The monoisotopic (exact) mass is 267 g/mol. The average molecular weight is 267 g/mol. The number of carbonyl (C=O) groups excluding carboxylic acids is 1. The molecule has 1 aliphatic rings. The predicted octanol–water partition coefficient (Wildman–Crippen LogP) is 1.33. The number of aliphatic hydroxyl groups is 1. The second-order valence-electron chi connectivity index (χ2n) is 3.66. The largest absolute Gasteiger partial charge is 0.384 e. The van der Waals surface area contributed by atoms with Gasteiger partial charge in [0.05, 0.1) is 0 Å². The molecule has 1 fully saturated rings. The molecular weight excluding hydrogens is 254 g/mol. The first-order valence-corrected chi connectivity index (χ1v) is 7.40. The highest BCUT2D eigenvalue weighted by molar-refractivity contribution is 7.99. The summed E-state index contributed by atoms with van der Waals surface area (Å²) in [7, 11) is 0. The summed E-state index contributed by atoms with van der Waals surface area (Å²) in [5, 5.41) is 13.5. The van der Waals surface area contributed by atoms with Crippen molar-refractivity contribution in [3.05, 3.63) is 21.9 Å². The van der Waals surface area contributed by atoms with Crippen LogP contribution >= 0.6 is 23.1 Å². The molecule has 0 saturated carbocycles. The Labute approximate surface area is 109 Å². The minimum atomic E-state index is -0.184. The fraction of sp³-hybridized carbons (Fsp3) is 0.417. The van der Waals surface area contributed by atoms with Crippen molar-refractivity contribution in [3.63, 3.8) is 0 Å². The number of carbonyl (C=O) groups is 1. The summed E-state index contributed by atoms with van der Waals surface area (Å²) in [6, 6.07) is 2.10. The van der Waals surface area contributed by atoms with Crippen molar-refractivity contribution in [3.8, 4) is 11.8 Å². The zero-order chi connectivity index (χ0) is 12.1. The van der Waals surface area contributed by atoms with E-state index in [4.69, 9.17) is 5.11 Å². The van der Waals surface area contributed by atoms with Crippen LogP contribution in [-0.4, -0.2) is 35.2 Å². The molecule has 1 unspecified atom stereocenters. The van der Waals surface area contributed by atoms with E-state index in [0.717, 1.165) is 17.9 Å². The number of aliphatic hydroxyl groups excluding tert-OH is 1. The highest BCUT2D eigenvalue weighted by Crippen LogP contribution is 2.20. The minimum absolute atomic E-state index is 0.0465. The van der Waals surface area contributed by atoms with Gasteiger partial charge in [0.2, 0.25) is 0 Å². The normalized spacial score (nSPS) is 18.5. The van der Waals surface area contributed by atoms with E-state index in [9.17, 15) is 4.79 Å². The SMILES string of the molecule is O=C(NC1CCSC1)c1sccc1C#CCO. The number of thioether (sulfide) groups is 1. The Hall–Kier alpha value is -0.960. The molecular formula is C12H13NO2S2. The Morgan fingerprint density at radius 1 is 1.65 bits per heavy atom. The fourth-order valence-electron chi connectivity index (χ4n) is 1.62. The van der Waals surface area contributed by atoms with E-state index < -0.39 is 0 Å². The van der Waals surface area contributed by atoms with Crippen molar-refractivity contribution in [2.75, 3.05) is 18.1 Å². The number of amides is 1. The van der Waals surface area contributed by atoms with Crippen LogP contribution in [0.4, 0.5) is 0 Å². The zero-order valence-electron chi connectivity index (χ0n) is 9.23. The number of hydrogen-bond acceptors (Lipinski definition) is 4. The molecule has 90 valence electrons. The highest BCUT2D eigenvalue weighted by Gasteiger charge is 2.20. The van der Waals surface area contributed by atoms with Gasteiger partial charge in [-0.3, -0.25) is 4.79 Å². The lowest BCUT2D eigenvalue weighted by molar-refractivity contribution is 0.0945. The summed E-state index contributed by atoms with van der Waals surface area (Å²) in [6.45, 7) is -0.184. The maximum Gasteiger partial charge on any atom is 0.262 e. The number of nitrogens with one attached hydrogen (secondary N) is 1. The van der Waals surface area contributed by atoms with Crippen molar-refractivity contribution >= 4 is 29.0 Å². The van der Waals surface area contributed by atoms with Gasteiger partial charge in [0, 0.05) is 17.4 Å². The number of hydrogen-bond donors (Lipinski definition) is 2. The van der Waals surface area contributed by atoms with Crippen LogP contribution in [0, 0.1) is 11.8 Å². The molecule has 0 aliphatic carbocycles. The van der Waals surface area contributed by atoms with Gasteiger partial charge in [0.1, 0.15) is 11.5 Å². The van der Waals surface area contributed by atoms with Crippen molar-refractivity contribution < 1.29 is 9.90 Å². The number of rotatable bonds is 2. The third kappa shape index (κ3) is 3.25. The van der Waals surface area contributed by atoms with Crippen LogP contribution in [0.1, 0.15) is 21.7 Å². The van der Waals surface area contributed by atoms with E-state index in [2.05, 4.69) is 17.2 Å². The van der Waals surface area contributed by atoms with Gasteiger partial charge in [-0.1, -0.05) is 11.8 Å². The van der Waals surface area contributed by atoms with E-state index in [1.54, 1.807) is 0 Å². The van der Waals surface area contributed by atoms with Gasteiger partial charge in [-0.05, 0) is 23.6 Å². The quantitative estimate of drug-likeness (QED) is 0.795. The van der Waals surface area contributed by atoms with E-state index in [1.165, 1.54) is 11.3 Å². The third-order valence-corrected chi connectivity index (χ3v) is 4.51. The Kier molecular flexibility index (Phi) is 4.49. The van der Waals surface area contributed by atoms with Gasteiger partial charge in [-0.15, -0.1) is 11.3 Å². The molecule has 2 heterocycles. The van der Waals surface area contributed by atoms with E-state index >= 15 is 0 Å². The molecule has 17 heavy (non-hydrogen) atoms. The fourth-order valence-corrected chi connectivity index (χ4v) is 3.52. The van der Waals surface area contributed by atoms with Crippen molar-refractivity contribution in [2.45, 2.75) is 12.5 Å². The summed E-state index contributed by atoms with van der Waals surface area (Å²) < 4.78 is 0. The molecule has 3 nitrogen and oxygen atoms in total. The van der Waals surface area contributed by atoms with Gasteiger partial charge in [0.15, 0.2) is 0 Å². The highest BCUT2D eigenvalue weighted by atomic mass is 32.2. The molecule has 0 bridgehead atoms. The van der Waals surface area contributed by atoms with Crippen LogP contribution < -0.4 is 5.32 Å². The van der Waals surface area contributed by atoms with Crippen molar-refractivity contribution in [2.24, 2.45) is 0 Å². The van der Waals surface area contributed by atoms with Gasteiger partial charge >= 0.3 is 0 Å². The molecule has 0 aromatic carbocycles. The van der Waals surface area contributed by atoms with Crippen molar-refractivity contribution in [1.29, 1.82) is 0 Å². The maximum atomic E-state index is 12.0. The van der Waals surface area contributed by atoms with E-state index in [0.29, 0.717) is 10.4 Å². The third-order valence-electron chi connectivity index (χ3n) is 2.44. The first kappa shape index (κ1) is 12.5. The lowest BCUT2D eigenvalue weighted by Gasteiger charge is -2.10. The molecule has 0 spiro atoms. The van der Waals surface area contributed by atoms with Crippen LogP contribution in [0.15, 0.2) is 11.4 Å². The molecule has 5 heteroatoms. The lowest BCUT2D eigenvalue weighted by Crippen LogP contribution is -2.34. The average Bonchev–Trinajstić information content (AvgIpc) is 2.96. The van der Waals surface area contributed by atoms with Crippen molar-refractivity contribution in [1.82, 2.24) is 5.32 Å². The summed E-state index contributed by atoms with van der Waals surface area (Å²) >= 11 is 3.26. The lowest BCUT2D eigenvalue weighted by atomic mass is 10.2. The molecule has 1 aliphatic heterocycles. The predicted molar refractivity (Wildman–Crippen MR) is 71.5 cm³/mol. The summed E-state index contributed by atoms with van der Waals surface area (Å²) in [5.41, 5.74) is 0.701. The molecule has 1 saturated heterocycles. The second-order valence-corrected chi connectivity index (χ2v) is 5.72. The van der Waals surface area contributed by atoms with Gasteiger partial charge in [0.25, 0.3) is 5.91 Å². The first-order valence-electron chi connectivity index (χ1n) is 5.37. The summed E-state index contributed by atoms with van der Waals surface area (Å²) in [5.74, 6) is 7.43.